The van der Waals surface area contributed by atoms with E-state index >= 15 is 0 Å². The van der Waals surface area contributed by atoms with Crippen LogP contribution in [0.5, 0.6) is 11.5 Å². The van der Waals surface area contributed by atoms with Crippen LogP contribution in [-0.2, 0) is 9.53 Å². The molecule has 0 atom stereocenters. The number of esters is 2. The average Bonchev–Trinajstić information content (AvgIpc) is 2.78. The summed E-state index contributed by atoms with van der Waals surface area (Å²) in [5, 5.41) is 0. The fraction of sp³-hybridized carbons (Fsp3) is 0.0870. The summed E-state index contributed by atoms with van der Waals surface area (Å²) in [7, 11) is 1.29. The highest BCUT2D eigenvalue weighted by Gasteiger charge is 2.11. The molecule has 3 rings (SSSR count). The summed E-state index contributed by atoms with van der Waals surface area (Å²) in [5.41, 5.74) is 1.48. The number of rotatable bonds is 7. The Kier molecular flexibility index (Phi) is 6.37. The van der Waals surface area contributed by atoms with Crippen LogP contribution in [0.15, 0.2) is 78.9 Å². The number of hydrogen-bond donors (Lipinski definition) is 0. The van der Waals surface area contributed by atoms with Crippen LogP contribution in [0.2, 0.25) is 0 Å². The largest absolute Gasteiger partial charge is 0.482 e. The van der Waals surface area contributed by atoms with Crippen LogP contribution in [0, 0.1) is 0 Å². The van der Waals surface area contributed by atoms with E-state index < -0.39 is 11.9 Å². The van der Waals surface area contributed by atoms with Crippen molar-refractivity contribution in [2.45, 2.75) is 0 Å². The van der Waals surface area contributed by atoms with Crippen LogP contribution < -0.4 is 9.47 Å². The third-order valence-corrected chi connectivity index (χ3v) is 4.02. The molecular weight excluding hydrogens is 372 g/mol. The molecule has 0 saturated carbocycles. The van der Waals surface area contributed by atoms with E-state index in [1.807, 2.05) is 6.07 Å². The van der Waals surface area contributed by atoms with Crippen LogP contribution in [0.1, 0.15) is 26.3 Å². The molecule has 0 fully saturated rings. The van der Waals surface area contributed by atoms with Gasteiger partial charge in [-0.1, -0.05) is 30.3 Å². The van der Waals surface area contributed by atoms with Crippen molar-refractivity contribution in [2.75, 3.05) is 13.7 Å². The predicted octanol–water partition coefficient (Wildman–Crippen LogP) is 3.69. The zero-order chi connectivity index (χ0) is 20.6. The summed E-state index contributed by atoms with van der Waals surface area (Å²) in [6.07, 6.45) is 0. The maximum absolute atomic E-state index is 12.4. The molecule has 0 radical (unpaired) electrons. The predicted molar refractivity (Wildman–Crippen MR) is 105 cm³/mol. The Bertz CT molecular complexity index is 992. The molecule has 0 amide bonds. The molecule has 0 spiro atoms. The van der Waals surface area contributed by atoms with Crippen molar-refractivity contribution in [3.63, 3.8) is 0 Å². The van der Waals surface area contributed by atoms with E-state index in [0.717, 1.165) is 0 Å². The molecule has 0 aromatic heterocycles. The minimum absolute atomic E-state index is 0.0908. The topological polar surface area (TPSA) is 78.9 Å². The Balaban J connectivity index is 1.52. The van der Waals surface area contributed by atoms with Crippen LogP contribution in [0.3, 0.4) is 0 Å². The highest BCUT2D eigenvalue weighted by atomic mass is 16.6. The summed E-state index contributed by atoms with van der Waals surface area (Å²) in [4.78, 5) is 35.7. The first-order valence-electron chi connectivity index (χ1n) is 8.78. The van der Waals surface area contributed by atoms with Gasteiger partial charge in [0.05, 0.1) is 12.7 Å². The number of ether oxygens (including phenoxy) is 3. The summed E-state index contributed by atoms with van der Waals surface area (Å²) in [6, 6.07) is 21.5. The van der Waals surface area contributed by atoms with Gasteiger partial charge in [0.15, 0.2) is 12.4 Å². The van der Waals surface area contributed by atoms with Crippen molar-refractivity contribution in [1.29, 1.82) is 0 Å². The van der Waals surface area contributed by atoms with Crippen molar-refractivity contribution in [1.82, 2.24) is 0 Å². The lowest BCUT2D eigenvalue weighted by atomic mass is 10.0. The molecule has 0 N–H and O–H groups in total. The lowest BCUT2D eigenvalue weighted by Gasteiger charge is -2.08. The van der Waals surface area contributed by atoms with E-state index in [9.17, 15) is 14.4 Å². The lowest BCUT2D eigenvalue weighted by molar-refractivity contribution is -0.136. The Morgan fingerprint density at radius 1 is 0.690 bits per heavy atom. The highest BCUT2D eigenvalue weighted by molar-refractivity contribution is 6.09. The Hall–Kier alpha value is -3.93. The normalized spacial score (nSPS) is 10.1. The third kappa shape index (κ3) is 5.29. The van der Waals surface area contributed by atoms with Gasteiger partial charge in [-0.15, -0.1) is 0 Å². The van der Waals surface area contributed by atoms with E-state index in [2.05, 4.69) is 4.74 Å². The molecule has 3 aromatic carbocycles. The molecule has 0 aliphatic rings. The number of carbonyl (C=O) groups excluding carboxylic acids is 3. The van der Waals surface area contributed by atoms with Crippen molar-refractivity contribution in [3.8, 4) is 11.5 Å². The van der Waals surface area contributed by atoms with E-state index in [0.29, 0.717) is 22.4 Å². The van der Waals surface area contributed by atoms with Crippen molar-refractivity contribution in [3.05, 3.63) is 95.6 Å². The Morgan fingerprint density at radius 3 is 1.86 bits per heavy atom. The minimum Gasteiger partial charge on any atom is -0.482 e. The van der Waals surface area contributed by atoms with Gasteiger partial charge < -0.3 is 14.2 Å². The maximum atomic E-state index is 12.4. The summed E-state index contributed by atoms with van der Waals surface area (Å²) in [5.74, 6) is -0.435. The highest BCUT2D eigenvalue weighted by Crippen LogP contribution is 2.16. The number of carbonyl (C=O) groups is 3. The second-order valence-electron chi connectivity index (χ2n) is 6.00. The van der Waals surface area contributed by atoms with Gasteiger partial charge in [-0.05, 0) is 48.5 Å². The molecule has 0 unspecified atom stereocenters. The van der Waals surface area contributed by atoms with E-state index in [1.54, 1.807) is 48.5 Å². The number of ketones is 1. The molecule has 6 nitrogen and oxygen atoms in total. The van der Waals surface area contributed by atoms with Crippen molar-refractivity contribution in [2.24, 2.45) is 0 Å². The van der Waals surface area contributed by atoms with Gasteiger partial charge in [-0.2, -0.15) is 0 Å². The van der Waals surface area contributed by atoms with Gasteiger partial charge in [0.25, 0.3) is 0 Å². The van der Waals surface area contributed by atoms with Crippen molar-refractivity contribution < 1.29 is 28.6 Å². The smallest absolute Gasteiger partial charge is 0.349 e. The van der Waals surface area contributed by atoms with Gasteiger partial charge in [0.1, 0.15) is 11.5 Å². The number of benzene rings is 3. The second-order valence-corrected chi connectivity index (χ2v) is 6.00. The third-order valence-electron chi connectivity index (χ3n) is 4.02. The quantitative estimate of drug-likeness (QED) is 0.348. The van der Waals surface area contributed by atoms with E-state index in [1.165, 1.54) is 31.4 Å². The fourth-order valence-corrected chi connectivity index (χ4v) is 2.54. The van der Waals surface area contributed by atoms with Gasteiger partial charge in [0.2, 0.25) is 0 Å². The average molecular weight is 390 g/mol. The Morgan fingerprint density at radius 2 is 1.24 bits per heavy atom. The van der Waals surface area contributed by atoms with Crippen molar-refractivity contribution >= 4 is 17.7 Å². The van der Waals surface area contributed by atoms with Gasteiger partial charge >= 0.3 is 11.9 Å². The number of methoxy groups -OCH3 is 1. The molecule has 146 valence electrons. The minimum atomic E-state index is -0.597. The second kappa shape index (κ2) is 9.32. The molecule has 29 heavy (non-hydrogen) atoms. The summed E-state index contributed by atoms with van der Waals surface area (Å²) < 4.78 is 15.2. The van der Waals surface area contributed by atoms with Gasteiger partial charge in [-0.3, -0.25) is 4.79 Å². The fourth-order valence-electron chi connectivity index (χ4n) is 2.54. The maximum Gasteiger partial charge on any atom is 0.349 e. The monoisotopic (exact) mass is 390 g/mol. The van der Waals surface area contributed by atoms with E-state index in [4.69, 9.17) is 9.47 Å². The molecule has 0 heterocycles. The van der Waals surface area contributed by atoms with Crippen LogP contribution in [-0.4, -0.2) is 31.4 Å². The van der Waals surface area contributed by atoms with Crippen LogP contribution in [0.4, 0.5) is 0 Å². The van der Waals surface area contributed by atoms with Crippen LogP contribution >= 0.6 is 0 Å². The first kappa shape index (κ1) is 19.8. The molecule has 6 heteroatoms. The zero-order valence-electron chi connectivity index (χ0n) is 15.7. The van der Waals surface area contributed by atoms with Gasteiger partial charge in [-0.25, -0.2) is 9.59 Å². The van der Waals surface area contributed by atoms with E-state index in [-0.39, 0.29) is 18.1 Å². The lowest BCUT2D eigenvalue weighted by Crippen LogP contribution is -2.17. The molecular formula is C23H18O6. The molecule has 0 aliphatic carbocycles. The first-order chi connectivity index (χ1) is 14.1. The van der Waals surface area contributed by atoms with Gasteiger partial charge in [0, 0.05) is 11.1 Å². The SMILES string of the molecule is COC(=O)c1ccc(OC(=O)COc2ccc(C(=O)c3ccccc3)cc2)cc1. The molecule has 0 bridgehead atoms. The summed E-state index contributed by atoms with van der Waals surface area (Å²) >= 11 is 0. The Labute approximate surface area is 167 Å². The zero-order valence-corrected chi connectivity index (χ0v) is 15.7. The standard InChI is InChI=1S/C23H18O6/c1-27-23(26)18-9-13-20(14-10-18)29-21(24)15-28-19-11-7-17(8-12-19)22(25)16-5-3-2-4-6-16/h2-14H,15H2,1H3. The molecule has 0 aliphatic heterocycles. The first-order valence-corrected chi connectivity index (χ1v) is 8.78. The number of hydrogen-bond acceptors (Lipinski definition) is 6. The summed E-state index contributed by atoms with van der Waals surface area (Å²) in [6.45, 7) is -0.301. The molecule has 3 aromatic rings. The molecule has 0 saturated heterocycles. The van der Waals surface area contributed by atoms with Crippen LogP contribution in [0.25, 0.3) is 0 Å².